The van der Waals surface area contributed by atoms with Crippen LogP contribution in [0.3, 0.4) is 0 Å². The lowest BCUT2D eigenvalue weighted by atomic mass is 10.1. The van der Waals surface area contributed by atoms with Crippen molar-refractivity contribution in [2.45, 2.75) is 18.8 Å². The Kier molecular flexibility index (Phi) is 6.54. The maximum atomic E-state index is 13.3. The molecule has 8 heteroatoms. The monoisotopic (exact) mass is 396 g/mol. The van der Waals surface area contributed by atoms with Crippen LogP contribution in [0.5, 0.6) is 0 Å². The molecule has 0 amide bonds. The lowest BCUT2D eigenvalue weighted by molar-refractivity contribution is 0.0729. The number of nitrogens with one attached hydrogen (secondary N) is 1. The van der Waals surface area contributed by atoms with E-state index >= 15 is 0 Å². The third-order valence-corrected chi connectivity index (χ3v) is 6.28. The quantitative estimate of drug-likeness (QED) is 0.781. The van der Waals surface area contributed by atoms with Gasteiger partial charge < -0.3 is 10.1 Å². The van der Waals surface area contributed by atoms with Gasteiger partial charge >= 0.3 is 0 Å². The number of benzene rings is 2. The van der Waals surface area contributed by atoms with E-state index in [0.717, 1.165) is 23.3 Å². The maximum absolute atomic E-state index is 13.3. The molecule has 0 unspecified atom stereocenters. The molecular weight excluding hydrogens is 374 g/mol. The van der Waals surface area contributed by atoms with Crippen LogP contribution in [0.2, 0.25) is 0 Å². The summed E-state index contributed by atoms with van der Waals surface area (Å²) in [7, 11) is -3.41. The summed E-state index contributed by atoms with van der Waals surface area (Å²) in [5, 5.41) is 3.15. The Morgan fingerprint density at radius 1 is 0.963 bits per heavy atom. The largest absolute Gasteiger partial charge is 0.379 e. The highest BCUT2D eigenvalue weighted by molar-refractivity contribution is 7.88. The molecule has 0 spiro atoms. The summed E-state index contributed by atoms with van der Waals surface area (Å²) in [4.78, 5) is 0. The summed E-state index contributed by atoms with van der Waals surface area (Å²) in [6.45, 7) is 2.35. The first-order chi connectivity index (χ1) is 13.0. The smallest absolute Gasteiger partial charge is 0.218 e. The van der Waals surface area contributed by atoms with Crippen molar-refractivity contribution in [3.8, 4) is 0 Å². The van der Waals surface area contributed by atoms with Crippen molar-refractivity contribution in [2.75, 3.05) is 26.3 Å². The van der Waals surface area contributed by atoms with Crippen molar-refractivity contribution in [1.82, 2.24) is 9.62 Å². The fourth-order valence-corrected chi connectivity index (χ4v) is 4.54. The summed E-state index contributed by atoms with van der Waals surface area (Å²) < 4.78 is 58.2. The van der Waals surface area contributed by atoms with Gasteiger partial charge in [0.2, 0.25) is 10.0 Å². The predicted molar refractivity (Wildman–Crippen MR) is 98.4 cm³/mol. The van der Waals surface area contributed by atoms with E-state index in [9.17, 15) is 17.2 Å². The molecule has 0 aliphatic carbocycles. The van der Waals surface area contributed by atoms with Crippen LogP contribution in [0.1, 0.15) is 16.7 Å². The molecule has 1 N–H and O–H groups in total. The van der Waals surface area contributed by atoms with E-state index in [1.54, 1.807) is 6.07 Å². The van der Waals surface area contributed by atoms with Crippen molar-refractivity contribution in [3.63, 3.8) is 0 Å². The van der Waals surface area contributed by atoms with Crippen LogP contribution in [0, 0.1) is 11.6 Å². The van der Waals surface area contributed by atoms with Gasteiger partial charge in [0.1, 0.15) is 0 Å². The van der Waals surface area contributed by atoms with Gasteiger partial charge in [-0.3, -0.25) is 0 Å². The van der Waals surface area contributed by atoms with E-state index < -0.39 is 21.7 Å². The van der Waals surface area contributed by atoms with Gasteiger partial charge in [-0.15, -0.1) is 0 Å². The average Bonchev–Trinajstić information content (AvgIpc) is 2.66. The summed E-state index contributed by atoms with van der Waals surface area (Å²) in [6.07, 6.45) is 0. The number of halogens is 2. The van der Waals surface area contributed by atoms with Gasteiger partial charge in [0.05, 0.1) is 19.0 Å². The molecule has 27 heavy (non-hydrogen) atoms. The fourth-order valence-electron chi connectivity index (χ4n) is 2.97. The number of ether oxygens (including phenoxy) is 1. The first-order valence-corrected chi connectivity index (χ1v) is 10.3. The standard InChI is InChI=1S/C19H22F2N2O3S/c20-18-6-5-15(11-19(18)21)12-22-13-16-3-1-2-4-17(16)14-27(24,25)23-7-9-26-10-8-23/h1-6,11,22H,7-10,12-14H2. The van der Waals surface area contributed by atoms with E-state index in [2.05, 4.69) is 5.32 Å². The lowest BCUT2D eigenvalue weighted by Crippen LogP contribution is -2.41. The zero-order chi connectivity index (χ0) is 19.3. The Balaban J connectivity index is 1.64. The van der Waals surface area contributed by atoms with Crippen molar-refractivity contribution in [2.24, 2.45) is 0 Å². The van der Waals surface area contributed by atoms with Crippen LogP contribution in [0.15, 0.2) is 42.5 Å². The van der Waals surface area contributed by atoms with Crippen molar-refractivity contribution in [3.05, 3.63) is 70.8 Å². The van der Waals surface area contributed by atoms with Crippen LogP contribution in [0.25, 0.3) is 0 Å². The number of sulfonamides is 1. The van der Waals surface area contributed by atoms with E-state index in [0.29, 0.717) is 45.0 Å². The average molecular weight is 396 g/mol. The molecule has 0 saturated carbocycles. The SMILES string of the molecule is O=S(=O)(Cc1ccccc1CNCc1ccc(F)c(F)c1)N1CCOCC1. The van der Waals surface area contributed by atoms with Gasteiger partial charge in [-0.2, -0.15) is 4.31 Å². The zero-order valence-electron chi connectivity index (χ0n) is 14.8. The molecule has 3 rings (SSSR count). The molecule has 146 valence electrons. The van der Waals surface area contributed by atoms with Gasteiger partial charge in [-0.25, -0.2) is 17.2 Å². The second-order valence-electron chi connectivity index (χ2n) is 6.39. The molecule has 0 bridgehead atoms. The highest BCUT2D eigenvalue weighted by atomic mass is 32.2. The highest BCUT2D eigenvalue weighted by Crippen LogP contribution is 2.17. The topological polar surface area (TPSA) is 58.6 Å². The Hall–Kier alpha value is -1.87. The molecule has 0 radical (unpaired) electrons. The van der Waals surface area contributed by atoms with E-state index in [1.165, 1.54) is 10.4 Å². The molecule has 1 saturated heterocycles. The lowest BCUT2D eigenvalue weighted by Gasteiger charge is -2.26. The van der Waals surface area contributed by atoms with Crippen LogP contribution in [0.4, 0.5) is 8.78 Å². The molecule has 5 nitrogen and oxygen atoms in total. The predicted octanol–water partition coefficient (Wildman–Crippen LogP) is 2.42. The summed E-state index contributed by atoms with van der Waals surface area (Å²) in [5.41, 5.74) is 2.20. The minimum Gasteiger partial charge on any atom is -0.379 e. The molecular formula is C19H22F2N2O3S. The van der Waals surface area contributed by atoms with Crippen molar-refractivity contribution < 1.29 is 21.9 Å². The van der Waals surface area contributed by atoms with Crippen LogP contribution in [-0.2, 0) is 33.6 Å². The number of nitrogens with zero attached hydrogens (tertiary/aromatic N) is 1. The number of hydrogen-bond acceptors (Lipinski definition) is 4. The minimum atomic E-state index is -3.41. The van der Waals surface area contributed by atoms with E-state index in [-0.39, 0.29) is 5.75 Å². The molecule has 2 aromatic rings. The molecule has 0 atom stereocenters. The normalized spacial score (nSPS) is 15.8. The van der Waals surface area contributed by atoms with E-state index in [1.807, 2.05) is 18.2 Å². The minimum absolute atomic E-state index is 0.0734. The Morgan fingerprint density at radius 3 is 2.37 bits per heavy atom. The van der Waals surface area contributed by atoms with E-state index in [4.69, 9.17) is 4.74 Å². The second-order valence-corrected chi connectivity index (χ2v) is 8.36. The Morgan fingerprint density at radius 2 is 1.67 bits per heavy atom. The van der Waals surface area contributed by atoms with Gasteiger partial charge in [0, 0.05) is 26.2 Å². The van der Waals surface area contributed by atoms with Crippen LogP contribution >= 0.6 is 0 Å². The van der Waals surface area contributed by atoms with Gasteiger partial charge in [0.25, 0.3) is 0 Å². The Labute approximate surface area is 158 Å². The maximum Gasteiger partial charge on any atom is 0.218 e. The summed E-state index contributed by atoms with van der Waals surface area (Å²) >= 11 is 0. The number of hydrogen-bond donors (Lipinski definition) is 1. The molecule has 1 aliphatic rings. The highest BCUT2D eigenvalue weighted by Gasteiger charge is 2.25. The molecule has 1 fully saturated rings. The first kappa shape index (κ1) is 19.9. The molecule has 2 aromatic carbocycles. The molecule has 1 heterocycles. The zero-order valence-corrected chi connectivity index (χ0v) is 15.6. The first-order valence-electron chi connectivity index (χ1n) is 8.73. The Bertz CT molecular complexity index is 884. The van der Waals surface area contributed by atoms with Gasteiger partial charge in [-0.05, 0) is 28.8 Å². The van der Waals surface area contributed by atoms with Crippen molar-refractivity contribution in [1.29, 1.82) is 0 Å². The molecule has 1 aliphatic heterocycles. The van der Waals surface area contributed by atoms with Gasteiger partial charge in [0.15, 0.2) is 11.6 Å². The third-order valence-electron chi connectivity index (χ3n) is 4.45. The van der Waals surface area contributed by atoms with Crippen LogP contribution in [-0.4, -0.2) is 39.0 Å². The molecule has 0 aromatic heterocycles. The summed E-state index contributed by atoms with van der Waals surface area (Å²) in [5.74, 6) is -1.83. The van der Waals surface area contributed by atoms with Gasteiger partial charge in [-0.1, -0.05) is 30.3 Å². The second kappa shape index (κ2) is 8.88. The fraction of sp³-hybridized carbons (Fsp3) is 0.368. The van der Waals surface area contributed by atoms with Crippen LogP contribution < -0.4 is 5.32 Å². The number of morpholine rings is 1. The van der Waals surface area contributed by atoms with Crippen molar-refractivity contribution >= 4 is 10.0 Å². The number of rotatable bonds is 7. The summed E-state index contributed by atoms with van der Waals surface area (Å²) in [6, 6.07) is 11.1. The third kappa shape index (κ3) is 5.32.